The van der Waals surface area contributed by atoms with Crippen molar-refractivity contribution in [2.45, 2.75) is 71.3 Å². The van der Waals surface area contributed by atoms with Crippen molar-refractivity contribution in [3.63, 3.8) is 0 Å². The zero-order chi connectivity index (χ0) is 28.5. The van der Waals surface area contributed by atoms with Crippen LogP contribution in [-0.4, -0.2) is 21.4 Å². The molecule has 5 aliphatic rings. The number of aromatic nitrogens is 2. The van der Waals surface area contributed by atoms with Crippen molar-refractivity contribution in [3.8, 4) is 0 Å². The van der Waals surface area contributed by atoms with Crippen LogP contribution in [0, 0.1) is 25.7 Å². The van der Waals surface area contributed by atoms with Gasteiger partial charge in [-0.1, -0.05) is 29.0 Å². The molecule has 2 aromatic heterocycles. The molecule has 3 saturated carbocycles. The molecule has 3 N–H and O–H groups in total. The van der Waals surface area contributed by atoms with Crippen molar-refractivity contribution < 1.29 is 18.1 Å². The molecule has 41 heavy (non-hydrogen) atoms. The average molecular weight is 557 g/mol. The first-order valence-corrected chi connectivity index (χ1v) is 14.5. The molecule has 0 amide bonds. The smallest absolute Gasteiger partial charge is 0.248 e. The van der Waals surface area contributed by atoms with Crippen LogP contribution >= 0.6 is 0 Å². The number of carbonyl (C=O) groups is 1. The summed E-state index contributed by atoms with van der Waals surface area (Å²) in [5.41, 5.74) is 16.3. The predicted octanol–water partition coefficient (Wildman–Crippen LogP) is 7.24. The van der Waals surface area contributed by atoms with Gasteiger partial charge in [-0.25, -0.2) is 8.78 Å². The van der Waals surface area contributed by atoms with E-state index in [1.165, 1.54) is 0 Å². The highest BCUT2D eigenvalue weighted by Gasteiger charge is 2.37. The van der Waals surface area contributed by atoms with Crippen LogP contribution in [0.2, 0.25) is 0 Å². The molecule has 212 valence electrons. The van der Waals surface area contributed by atoms with Gasteiger partial charge in [-0.3, -0.25) is 4.79 Å². The summed E-state index contributed by atoms with van der Waals surface area (Å²) in [7, 11) is 0. The van der Waals surface area contributed by atoms with Crippen LogP contribution in [0.3, 0.4) is 0 Å². The summed E-state index contributed by atoms with van der Waals surface area (Å²) in [5.74, 6) is -1.49. The van der Waals surface area contributed by atoms with Gasteiger partial charge in [-0.2, -0.15) is 0 Å². The Morgan fingerprint density at radius 1 is 1.17 bits per heavy atom. The quantitative estimate of drug-likeness (QED) is 0.366. The van der Waals surface area contributed by atoms with Gasteiger partial charge < -0.3 is 20.1 Å². The number of halogens is 2. The molecule has 7 rings (SSSR count). The maximum Gasteiger partial charge on any atom is 0.248 e. The minimum Gasteiger partial charge on any atom is -0.396 e. The van der Waals surface area contributed by atoms with E-state index in [0.29, 0.717) is 25.1 Å². The van der Waals surface area contributed by atoms with Crippen LogP contribution in [-0.2, 0) is 11.3 Å². The Labute approximate surface area is 238 Å². The highest BCUT2D eigenvalue weighted by Crippen LogP contribution is 2.48. The van der Waals surface area contributed by atoms with E-state index < -0.39 is 5.92 Å². The Morgan fingerprint density at radius 3 is 2.66 bits per heavy atom. The lowest BCUT2D eigenvalue weighted by molar-refractivity contribution is -0.112. The van der Waals surface area contributed by atoms with Crippen molar-refractivity contribution in [3.05, 3.63) is 87.4 Å². The zero-order valence-electron chi connectivity index (χ0n) is 23.4. The van der Waals surface area contributed by atoms with Gasteiger partial charge in [0.2, 0.25) is 11.7 Å². The second-order valence-corrected chi connectivity index (χ2v) is 12.1. The fraction of sp³-hybridized carbons (Fsp3) is 0.394. The Balaban J connectivity index is 1.27. The van der Waals surface area contributed by atoms with Crippen LogP contribution < -0.4 is 11.1 Å². The van der Waals surface area contributed by atoms with Gasteiger partial charge in [0.25, 0.3) is 0 Å². The third-order valence-corrected chi connectivity index (χ3v) is 9.08. The second kappa shape index (κ2) is 9.57. The summed E-state index contributed by atoms with van der Waals surface area (Å²) in [5, 5.41) is 7.66. The van der Waals surface area contributed by atoms with Crippen molar-refractivity contribution in [2.24, 2.45) is 17.6 Å². The first-order valence-electron chi connectivity index (χ1n) is 14.5. The van der Waals surface area contributed by atoms with Crippen molar-refractivity contribution in [1.82, 2.24) is 9.72 Å². The third-order valence-electron chi connectivity index (χ3n) is 9.08. The van der Waals surface area contributed by atoms with E-state index in [0.717, 1.165) is 81.1 Å². The van der Waals surface area contributed by atoms with Gasteiger partial charge in [-0.15, -0.1) is 0 Å². The minimum absolute atomic E-state index is 0.0560. The Bertz CT molecular complexity index is 1620. The summed E-state index contributed by atoms with van der Waals surface area (Å²) in [4.78, 5) is 13.2. The number of alkyl halides is 2. The lowest BCUT2D eigenvalue weighted by Gasteiger charge is -2.28. The van der Waals surface area contributed by atoms with Gasteiger partial charge in [0, 0.05) is 54.4 Å². The Morgan fingerprint density at radius 2 is 1.95 bits per heavy atom. The zero-order valence-corrected chi connectivity index (χ0v) is 23.4. The molecule has 8 heteroatoms. The summed E-state index contributed by atoms with van der Waals surface area (Å²) in [6.07, 6.45) is 18.0. The second-order valence-electron chi connectivity index (χ2n) is 12.1. The highest BCUT2D eigenvalue weighted by molar-refractivity contribution is 6.12. The third kappa shape index (κ3) is 4.83. The van der Waals surface area contributed by atoms with Crippen LogP contribution in [0.15, 0.2) is 63.6 Å². The summed E-state index contributed by atoms with van der Waals surface area (Å²) in [6.45, 7) is 4.49. The summed E-state index contributed by atoms with van der Waals surface area (Å²) >= 11 is 0. The fourth-order valence-corrected chi connectivity index (χ4v) is 6.51. The molecule has 1 aliphatic heterocycles. The molecule has 0 saturated heterocycles. The Hall–Kier alpha value is -3.94. The number of allylic oxidation sites excluding steroid dienone is 9. The number of fused-ring (bicyclic) bond motifs is 2. The van der Waals surface area contributed by atoms with Gasteiger partial charge in [0.05, 0.1) is 22.8 Å². The van der Waals surface area contributed by atoms with Crippen molar-refractivity contribution >= 4 is 28.7 Å². The molecule has 0 radical (unpaired) electrons. The van der Waals surface area contributed by atoms with Gasteiger partial charge in [0.1, 0.15) is 5.76 Å². The molecule has 0 spiro atoms. The lowest BCUT2D eigenvalue weighted by atomic mass is 9.86. The van der Waals surface area contributed by atoms with Gasteiger partial charge >= 0.3 is 0 Å². The maximum atomic E-state index is 13.9. The largest absolute Gasteiger partial charge is 0.396 e. The van der Waals surface area contributed by atoms with Crippen LogP contribution in [0.1, 0.15) is 73.2 Å². The molecule has 4 aliphatic carbocycles. The average Bonchev–Trinajstić information content (AvgIpc) is 3.85. The van der Waals surface area contributed by atoms with Crippen LogP contribution in [0.25, 0.3) is 17.2 Å². The van der Waals surface area contributed by atoms with Crippen molar-refractivity contribution in [2.75, 3.05) is 5.32 Å². The molecule has 1 atom stereocenters. The monoisotopic (exact) mass is 556 g/mol. The van der Waals surface area contributed by atoms with E-state index >= 15 is 0 Å². The normalized spacial score (nSPS) is 22.7. The molecule has 3 heterocycles. The number of anilines is 1. The number of nitrogens with two attached hydrogens (primary N) is 1. The first-order chi connectivity index (χ1) is 19.7. The van der Waals surface area contributed by atoms with E-state index in [4.69, 9.17) is 10.3 Å². The molecule has 0 unspecified atom stereocenters. The van der Waals surface area contributed by atoms with E-state index in [-0.39, 0.29) is 30.5 Å². The van der Waals surface area contributed by atoms with Crippen molar-refractivity contribution in [1.29, 1.82) is 0 Å². The first kappa shape index (κ1) is 26.0. The molecule has 3 fully saturated rings. The number of rotatable bonds is 6. The van der Waals surface area contributed by atoms with E-state index in [2.05, 4.69) is 33.4 Å². The van der Waals surface area contributed by atoms with Crippen LogP contribution in [0.5, 0.6) is 0 Å². The van der Waals surface area contributed by atoms with E-state index in [9.17, 15) is 13.6 Å². The number of hydrogen-bond donors (Lipinski definition) is 2. The molecule has 2 aromatic rings. The summed E-state index contributed by atoms with van der Waals surface area (Å²) < 4.78 is 35.5. The highest BCUT2D eigenvalue weighted by atomic mass is 19.3. The van der Waals surface area contributed by atoms with E-state index in [1.807, 2.05) is 38.3 Å². The number of ketones is 1. The predicted molar refractivity (Wildman–Crippen MR) is 156 cm³/mol. The number of nitrogens with zero attached hydrogens (tertiary/aromatic N) is 2. The molecule has 0 bridgehead atoms. The number of carbonyl (C=O) groups excluding carboxylic acids is 1. The lowest BCUT2D eigenvalue weighted by Crippen LogP contribution is -2.26. The van der Waals surface area contributed by atoms with E-state index in [1.54, 1.807) is 0 Å². The van der Waals surface area contributed by atoms with Gasteiger partial charge in [0.15, 0.2) is 0 Å². The standard InChI is InChI=1S/C33H34F2N4O2/c1-18-29(19(2)41-38-18)23-9-12-37-31-27(17-39(28(31)15-23)16-20-7-10-33(34,35)11-8-20)22-5-6-25(26-14-24(26)13-22)32(40)30(36)21-3-4-21/h5-6,9,12-13,15,17,20,24,37H,3-4,7-8,10-11,14,16,36H2,1-2H3/t24-/m0/s1. The molecule has 0 aromatic carbocycles. The van der Waals surface area contributed by atoms with Gasteiger partial charge in [-0.05, 0) is 80.7 Å². The molecular weight excluding hydrogens is 522 g/mol. The fourth-order valence-electron chi connectivity index (χ4n) is 6.51. The molecule has 6 nitrogen and oxygen atoms in total. The number of Topliss-reactive ketones (excluding diaryl/α,β-unsaturated/α-hetero) is 1. The Kier molecular flexibility index (Phi) is 6.07. The summed E-state index contributed by atoms with van der Waals surface area (Å²) in [6, 6.07) is 0. The number of nitrogens with one attached hydrogen (secondary N) is 1. The SMILES string of the molecule is Cc1noc(C)c1C1=Cc2c(c(C3=C[C@H]4CC4=C(C(=O)C(N)=C4CC4)C=C3)cn2CC2CCC(F)(F)CC2)NC=C1. The minimum atomic E-state index is -2.56. The van der Waals surface area contributed by atoms with Crippen LogP contribution in [0.4, 0.5) is 14.5 Å². The number of aryl methyl sites for hydroxylation is 2. The maximum absolute atomic E-state index is 13.9. The topological polar surface area (TPSA) is 86.1 Å². The number of hydrogen-bond acceptors (Lipinski definition) is 5. The molecular formula is C33H34F2N4O2.